The van der Waals surface area contributed by atoms with Crippen molar-refractivity contribution in [2.45, 2.75) is 6.54 Å². The number of carboxylic acid groups (broad SMARTS) is 1. The van der Waals surface area contributed by atoms with Gasteiger partial charge in [0.2, 0.25) is 0 Å². The van der Waals surface area contributed by atoms with Gasteiger partial charge in [0, 0.05) is 57.1 Å². The van der Waals surface area contributed by atoms with Gasteiger partial charge in [0.15, 0.2) is 0 Å². The quantitative estimate of drug-likeness (QED) is 0.937. The molecule has 1 fully saturated rings. The molecule has 0 aliphatic carbocycles. The Balaban J connectivity index is 1.77. The Morgan fingerprint density at radius 3 is 2.61 bits per heavy atom. The lowest BCUT2D eigenvalue weighted by molar-refractivity contribution is 0.103. The lowest BCUT2D eigenvalue weighted by atomic mass is 10.1. The molecule has 0 atom stereocenters. The van der Waals surface area contributed by atoms with Gasteiger partial charge in [-0.1, -0.05) is 29.8 Å². The van der Waals surface area contributed by atoms with Gasteiger partial charge in [-0.05, 0) is 6.07 Å². The fraction of sp³-hybridized carbons (Fsp3) is 0.375. The van der Waals surface area contributed by atoms with Crippen LogP contribution in [0.5, 0.6) is 0 Å². The smallest absolute Gasteiger partial charge is 0.407 e. The average molecular weight is 335 g/mol. The van der Waals surface area contributed by atoms with E-state index in [1.165, 1.54) is 4.90 Å². The first kappa shape index (κ1) is 15.8. The van der Waals surface area contributed by atoms with Crippen LogP contribution in [0.1, 0.15) is 5.56 Å². The molecule has 7 heteroatoms. The van der Waals surface area contributed by atoms with Gasteiger partial charge in [0.1, 0.15) is 0 Å². The number of rotatable bonds is 3. The fourth-order valence-electron chi connectivity index (χ4n) is 2.87. The molecule has 1 aromatic heterocycles. The van der Waals surface area contributed by atoms with E-state index in [0.717, 1.165) is 36.5 Å². The second-order valence-electron chi connectivity index (χ2n) is 5.70. The third kappa shape index (κ3) is 3.48. The van der Waals surface area contributed by atoms with Crippen LogP contribution in [0.3, 0.4) is 0 Å². The van der Waals surface area contributed by atoms with Gasteiger partial charge in [-0.25, -0.2) is 4.79 Å². The molecule has 0 unspecified atom stereocenters. The number of benzene rings is 1. The Kier molecular flexibility index (Phi) is 4.54. The molecule has 2 heterocycles. The number of carbonyl (C=O) groups is 1. The Hall–Kier alpha value is -2.05. The van der Waals surface area contributed by atoms with Crippen LogP contribution < -0.4 is 0 Å². The molecule has 6 nitrogen and oxygen atoms in total. The monoisotopic (exact) mass is 334 g/mol. The number of aromatic nitrogens is 2. The van der Waals surface area contributed by atoms with Gasteiger partial charge >= 0.3 is 6.09 Å². The SMILES string of the molecule is Cn1cc(CN2CCN(C(=O)O)CC2)c(-c2ccccc2Cl)n1. The van der Waals surface area contributed by atoms with Crippen molar-refractivity contribution in [2.75, 3.05) is 26.2 Å². The maximum atomic E-state index is 11.0. The average Bonchev–Trinajstić information content (AvgIpc) is 2.88. The Morgan fingerprint density at radius 2 is 1.96 bits per heavy atom. The largest absolute Gasteiger partial charge is 0.465 e. The summed E-state index contributed by atoms with van der Waals surface area (Å²) >= 11 is 6.30. The van der Waals surface area contributed by atoms with Crippen LogP contribution in [-0.4, -0.2) is 57.0 Å². The second-order valence-corrected chi connectivity index (χ2v) is 6.11. The van der Waals surface area contributed by atoms with Crippen LogP contribution in [0.25, 0.3) is 11.3 Å². The molecule has 1 amide bonds. The summed E-state index contributed by atoms with van der Waals surface area (Å²) < 4.78 is 1.79. The first-order valence-electron chi connectivity index (χ1n) is 7.52. The standard InChI is InChI=1S/C16H19ClN4O2/c1-19-10-12(11-20-6-8-21(9-7-20)16(22)23)15(18-19)13-4-2-3-5-14(13)17/h2-5,10H,6-9,11H2,1H3,(H,22,23). The van der Waals surface area contributed by atoms with Crippen molar-refractivity contribution in [2.24, 2.45) is 7.05 Å². The number of amides is 1. The highest BCUT2D eigenvalue weighted by Gasteiger charge is 2.22. The van der Waals surface area contributed by atoms with Crippen molar-refractivity contribution in [1.82, 2.24) is 19.6 Å². The van der Waals surface area contributed by atoms with E-state index in [2.05, 4.69) is 10.00 Å². The van der Waals surface area contributed by atoms with Crippen LogP contribution in [0.15, 0.2) is 30.5 Å². The van der Waals surface area contributed by atoms with E-state index in [-0.39, 0.29) is 0 Å². The molecule has 3 rings (SSSR count). The van der Waals surface area contributed by atoms with Gasteiger partial charge < -0.3 is 10.0 Å². The highest BCUT2D eigenvalue weighted by Crippen LogP contribution is 2.29. The second kappa shape index (κ2) is 6.60. The topological polar surface area (TPSA) is 61.6 Å². The zero-order valence-electron chi connectivity index (χ0n) is 12.9. The first-order chi connectivity index (χ1) is 11.0. The molecule has 2 aromatic rings. The zero-order valence-corrected chi connectivity index (χ0v) is 13.7. The number of hydrogen-bond acceptors (Lipinski definition) is 3. The third-order valence-electron chi connectivity index (χ3n) is 4.07. The highest BCUT2D eigenvalue weighted by molar-refractivity contribution is 6.33. The summed E-state index contributed by atoms with van der Waals surface area (Å²) in [5.74, 6) is 0. The van der Waals surface area contributed by atoms with Crippen molar-refractivity contribution in [1.29, 1.82) is 0 Å². The molecule has 122 valence electrons. The number of halogens is 1. The van der Waals surface area contributed by atoms with Crippen LogP contribution in [0, 0.1) is 0 Å². The first-order valence-corrected chi connectivity index (χ1v) is 7.90. The Labute approximate surface area is 139 Å². The Bertz CT molecular complexity index is 708. The van der Waals surface area contributed by atoms with Gasteiger partial charge in [0.05, 0.1) is 10.7 Å². The molecule has 0 spiro atoms. The molecule has 1 aliphatic rings. The van der Waals surface area contributed by atoms with Gasteiger partial charge in [-0.15, -0.1) is 0 Å². The highest BCUT2D eigenvalue weighted by atomic mass is 35.5. The normalized spacial score (nSPS) is 15.8. The number of hydrogen-bond donors (Lipinski definition) is 1. The molecule has 1 saturated heterocycles. The van der Waals surface area contributed by atoms with Crippen LogP contribution in [0.2, 0.25) is 5.02 Å². The van der Waals surface area contributed by atoms with Crippen molar-refractivity contribution in [3.63, 3.8) is 0 Å². The summed E-state index contributed by atoms with van der Waals surface area (Å²) in [5, 5.41) is 14.3. The molecule has 0 bridgehead atoms. The zero-order chi connectivity index (χ0) is 16.4. The minimum atomic E-state index is -0.845. The summed E-state index contributed by atoms with van der Waals surface area (Å²) in [6, 6.07) is 7.68. The molecule has 1 N–H and O–H groups in total. The van der Waals surface area contributed by atoms with Crippen LogP contribution in [-0.2, 0) is 13.6 Å². The predicted octanol–water partition coefficient (Wildman–Crippen LogP) is 2.54. The molecular weight excluding hydrogens is 316 g/mol. The van der Waals surface area contributed by atoms with E-state index in [0.29, 0.717) is 18.1 Å². The van der Waals surface area contributed by atoms with Gasteiger partial charge in [-0.2, -0.15) is 5.10 Å². The number of nitrogens with zero attached hydrogens (tertiary/aromatic N) is 4. The lowest BCUT2D eigenvalue weighted by Crippen LogP contribution is -2.47. The maximum absolute atomic E-state index is 11.0. The van der Waals surface area contributed by atoms with E-state index < -0.39 is 6.09 Å². The van der Waals surface area contributed by atoms with Crippen molar-refractivity contribution < 1.29 is 9.90 Å². The summed E-state index contributed by atoms with van der Waals surface area (Å²) in [4.78, 5) is 14.7. The van der Waals surface area contributed by atoms with E-state index in [9.17, 15) is 4.79 Å². The molecule has 0 radical (unpaired) electrons. The maximum Gasteiger partial charge on any atom is 0.407 e. The number of aryl methyl sites for hydroxylation is 1. The number of piperazine rings is 1. The van der Waals surface area contributed by atoms with E-state index >= 15 is 0 Å². The summed E-state index contributed by atoms with van der Waals surface area (Å²) in [6.07, 6.45) is 1.16. The molecular formula is C16H19ClN4O2. The molecule has 1 aromatic carbocycles. The third-order valence-corrected chi connectivity index (χ3v) is 4.40. The minimum absolute atomic E-state index is 0.539. The van der Waals surface area contributed by atoms with Crippen molar-refractivity contribution in [3.05, 3.63) is 41.0 Å². The summed E-state index contributed by atoms with van der Waals surface area (Å²) in [7, 11) is 1.90. The summed E-state index contributed by atoms with van der Waals surface area (Å²) in [5.41, 5.74) is 2.91. The summed E-state index contributed by atoms with van der Waals surface area (Å²) in [6.45, 7) is 3.27. The van der Waals surface area contributed by atoms with Crippen LogP contribution >= 0.6 is 11.6 Å². The fourth-order valence-corrected chi connectivity index (χ4v) is 3.10. The van der Waals surface area contributed by atoms with Crippen LogP contribution in [0.4, 0.5) is 4.79 Å². The molecule has 23 heavy (non-hydrogen) atoms. The van der Waals surface area contributed by atoms with E-state index in [1.54, 1.807) is 4.68 Å². The molecule has 0 saturated carbocycles. The molecule has 1 aliphatic heterocycles. The van der Waals surface area contributed by atoms with Crippen molar-refractivity contribution >= 4 is 17.7 Å². The lowest BCUT2D eigenvalue weighted by Gasteiger charge is -2.32. The van der Waals surface area contributed by atoms with Gasteiger partial charge in [-0.3, -0.25) is 9.58 Å². The Morgan fingerprint density at radius 1 is 1.26 bits per heavy atom. The van der Waals surface area contributed by atoms with E-state index in [1.807, 2.05) is 37.5 Å². The minimum Gasteiger partial charge on any atom is -0.465 e. The predicted molar refractivity (Wildman–Crippen MR) is 88.5 cm³/mol. The van der Waals surface area contributed by atoms with Gasteiger partial charge in [0.25, 0.3) is 0 Å². The van der Waals surface area contributed by atoms with E-state index in [4.69, 9.17) is 16.7 Å². The van der Waals surface area contributed by atoms with Crippen molar-refractivity contribution in [3.8, 4) is 11.3 Å².